The Hall–Kier alpha value is 2.03. The molecule has 1 rings (SSSR count). The zero-order valence-corrected chi connectivity index (χ0v) is 27.2. The van der Waals surface area contributed by atoms with E-state index in [1.165, 1.54) is 7.40 Å². The van der Waals surface area contributed by atoms with Gasteiger partial charge in [-0.2, -0.15) is 26.3 Å². The molecule has 0 N–H and O–H groups in total. The Morgan fingerprint density at radius 3 is 1.69 bits per heavy atom. The molecule has 190 valence electrons. The molecule has 7 nitrogen and oxygen atoms in total. The van der Waals surface area contributed by atoms with Gasteiger partial charge in [-0.1, -0.05) is 63.7 Å². The fraction of sp³-hybridized carbons (Fsp3) is 0.727. The first kappa shape index (κ1) is 34.0. The van der Waals surface area contributed by atoms with Crippen LogP contribution in [-0.2, 0) is 33.1 Å². The van der Waals surface area contributed by atoms with Gasteiger partial charge in [0.1, 0.15) is 13.1 Å². The molecule has 1 aromatic heterocycles. The Labute approximate surface area is 240 Å². The van der Waals surface area contributed by atoms with E-state index < -0.39 is 31.1 Å². The Kier molecular flexibility index (Phi) is 14.4. The molecule has 2 unspecified atom stereocenters. The molecule has 0 aliphatic carbocycles. The van der Waals surface area contributed by atoms with Crippen LogP contribution >= 0.6 is 109 Å². The van der Waals surface area contributed by atoms with Crippen LogP contribution in [-0.4, -0.2) is 52.7 Å². The van der Waals surface area contributed by atoms with E-state index in [2.05, 4.69) is 124 Å². The molecule has 0 bridgehead atoms. The maximum Gasteiger partial charge on any atom is 0.480 e. The van der Waals surface area contributed by atoms with Crippen LogP contribution in [0.1, 0.15) is 0 Å². The summed E-state index contributed by atoms with van der Waals surface area (Å²) in [5.74, 6) is 0. The van der Waals surface area contributed by atoms with Gasteiger partial charge in [0, 0.05) is 55.8 Å². The van der Waals surface area contributed by atoms with Gasteiger partial charge >= 0.3 is 11.0 Å². The van der Waals surface area contributed by atoms with E-state index in [4.69, 9.17) is 0 Å². The molecule has 0 amide bonds. The molecule has 0 aliphatic rings. The number of hydrogen-bond acceptors (Lipinski definition) is 4. The normalized spacial score (nSPS) is 15.1. The van der Waals surface area contributed by atoms with Crippen molar-refractivity contribution in [1.82, 2.24) is 4.57 Å². The number of nitrogens with zero attached hydrogens (tertiary/aromatic N) is 3. The lowest BCUT2D eigenvalue weighted by molar-refractivity contribution is -0.707. The molecular formula is C11H11Br4F6I2N3O4S2. The number of halogens is 12. The average molecular weight is 1000 g/mol. The van der Waals surface area contributed by atoms with Crippen molar-refractivity contribution in [2.24, 2.45) is 0 Å². The Balaban J connectivity index is 0.000000607. The zero-order chi connectivity index (χ0) is 25.7. The van der Waals surface area contributed by atoms with Crippen LogP contribution in [0.2, 0.25) is 0 Å². The van der Waals surface area contributed by atoms with Crippen molar-refractivity contribution >= 4 is 129 Å². The highest BCUT2D eigenvalue weighted by atomic mass is 127. The molecule has 0 radical (unpaired) electrons. The molecule has 1 aromatic rings. The molecule has 0 saturated heterocycles. The summed E-state index contributed by atoms with van der Waals surface area (Å²) in [6.07, 6.45) is 2.19. The molecule has 0 aromatic carbocycles. The maximum absolute atomic E-state index is 11.4. The largest absolute Gasteiger partial charge is 0.480 e. The minimum Gasteiger partial charge on any atom is -0.421 e. The summed E-state index contributed by atoms with van der Waals surface area (Å²) >= 11 is 19.1. The third-order valence-corrected chi connectivity index (χ3v) is 13.4. The predicted molar refractivity (Wildman–Crippen MR) is 136 cm³/mol. The minimum absolute atomic E-state index is 0.462. The van der Waals surface area contributed by atoms with E-state index in [9.17, 15) is 43.2 Å². The molecular weight excluding hydrogens is 990 g/mol. The summed E-state index contributed by atoms with van der Waals surface area (Å²) in [4.78, 5) is 0.923. The van der Waals surface area contributed by atoms with E-state index >= 15 is 0 Å². The van der Waals surface area contributed by atoms with Gasteiger partial charge < -0.3 is 4.13 Å². The first-order valence-electron chi connectivity index (χ1n) is 7.40. The van der Waals surface area contributed by atoms with Crippen molar-refractivity contribution < 1.29 is 47.7 Å². The van der Waals surface area contributed by atoms with Crippen LogP contribution in [0.4, 0.5) is 26.3 Å². The van der Waals surface area contributed by atoms with Gasteiger partial charge in [0.25, 0.3) is 0 Å². The fourth-order valence-corrected chi connectivity index (χ4v) is 5.51. The van der Waals surface area contributed by atoms with Gasteiger partial charge in [-0.25, -0.2) is 26.0 Å². The second-order valence-corrected chi connectivity index (χ2v) is 14.8. The van der Waals surface area contributed by atoms with E-state index in [1.807, 2.05) is 0 Å². The predicted octanol–water partition coefficient (Wildman–Crippen LogP) is 5.36. The van der Waals surface area contributed by atoms with E-state index in [-0.39, 0.29) is 0 Å². The summed E-state index contributed by atoms with van der Waals surface area (Å²) in [6.45, 7) is 1.96. The molecule has 0 aliphatic heterocycles. The van der Waals surface area contributed by atoms with Crippen LogP contribution in [0.3, 0.4) is 0 Å². The second-order valence-electron chi connectivity index (χ2n) is 5.42. The second kappa shape index (κ2) is 13.5. The number of hydrogen-bond donors (Lipinski definition) is 0. The minimum atomic E-state index is -6.72. The summed E-state index contributed by atoms with van der Waals surface area (Å²) in [5.41, 5.74) is -12.4. The smallest absolute Gasteiger partial charge is 0.421 e. The lowest BCUT2D eigenvalue weighted by Gasteiger charge is -2.22. The average Bonchev–Trinajstić information content (AvgIpc) is 2.87. The topological polar surface area (TPSA) is 91.2 Å². The SMILES string of the molecule is BrCC(Br)Cn1c[n+](CC(Br)CBr)c(I)c1I.O=S(=O)([N-]S(=O)(=O)C(F)(F)F)C(F)(F)F. The zero-order valence-electron chi connectivity index (χ0n) is 14.9. The van der Waals surface area contributed by atoms with Gasteiger partial charge in [-0.05, 0) is 0 Å². The highest BCUT2D eigenvalue weighted by Gasteiger charge is 2.46. The van der Waals surface area contributed by atoms with Crippen molar-refractivity contribution in [3.63, 3.8) is 0 Å². The van der Waals surface area contributed by atoms with Crippen molar-refractivity contribution in [2.75, 3.05) is 10.7 Å². The van der Waals surface area contributed by atoms with Gasteiger partial charge in [0.05, 0.1) is 9.65 Å². The van der Waals surface area contributed by atoms with Gasteiger partial charge in [-0.15, -0.1) is 0 Å². The van der Waals surface area contributed by atoms with Crippen molar-refractivity contribution in [3.8, 4) is 0 Å². The van der Waals surface area contributed by atoms with Gasteiger partial charge in [-0.3, -0.25) is 0 Å². The Morgan fingerprint density at radius 1 is 0.938 bits per heavy atom. The third kappa shape index (κ3) is 10.6. The number of alkyl halides is 10. The lowest BCUT2D eigenvalue weighted by Crippen LogP contribution is -2.39. The van der Waals surface area contributed by atoms with Crippen LogP contribution in [0.5, 0.6) is 0 Å². The summed E-state index contributed by atoms with van der Waals surface area (Å²) in [7, 11) is -13.4. The third-order valence-electron chi connectivity index (χ3n) is 2.86. The highest BCUT2D eigenvalue weighted by Crippen LogP contribution is 2.36. The molecule has 0 spiro atoms. The number of sulfonamides is 2. The molecule has 0 fully saturated rings. The lowest BCUT2D eigenvalue weighted by atomic mass is 10.5. The molecule has 32 heavy (non-hydrogen) atoms. The Morgan fingerprint density at radius 2 is 1.34 bits per heavy atom. The summed E-state index contributed by atoms with van der Waals surface area (Å²) in [6, 6.07) is 0. The quantitative estimate of drug-likeness (QED) is 0.152. The molecule has 2 atom stereocenters. The molecule has 21 heteroatoms. The van der Waals surface area contributed by atoms with Gasteiger partial charge in [0.15, 0.2) is 20.0 Å². The first-order valence-corrected chi connectivity index (χ1v) is 16.5. The number of aromatic nitrogens is 2. The standard InChI is InChI=1S/C9H11Br4I2N2.C2F6NO4S2/c10-1-6(12)3-16-5-17(4-7(13)2-11)9(15)8(16)14;3-1(4,5)14(10,11)9-15(12,13)2(6,7)8/h5-7H,1-4H2;/q+1;-1. The number of imidazole rings is 1. The summed E-state index contributed by atoms with van der Waals surface area (Å²) in [5, 5.41) is 1.92. The monoisotopic (exact) mass is 996 g/mol. The highest BCUT2D eigenvalue weighted by molar-refractivity contribution is 14.1. The van der Waals surface area contributed by atoms with Crippen molar-refractivity contribution in [2.45, 2.75) is 33.8 Å². The first-order chi connectivity index (χ1) is 14.2. The molecule has 0 saturated carbocycles. The van der Waals surface area contributed by atoms with Gasteiger partial charge in [0.2, 0.25) is 13.7 Å². The maximum atomic E-state index is 11.4. The van der Waals surface area contributed by atoms with Crippen LogP contribution < -0.4 is 4.57 Å². The van der Waals surface area contributed by atoms with Crippen molar-refractivity contribution in [3.05, 3.63) is 17.9 Å². The molecule has 1 heterocycles. The van der Waals surface area contributed by atoms with E-state index in [1.54, 1.807) is 0 Å². The van der Waals surface area contributed by atoms with Crippen LogP contribution in [0.15, 0.2) is 6.33 Å². The van der Waals surface area contributed by atoms with E-state index in [0.29, 0.717) is 9.65 Å². The van der Waals surface area contributed by atoms with Crippen LogP contribution in [0.25, 0.3) is 4.13 Å². The van der Waals surface area contributed by atoms with Crippen LogP contribution in [0, 0.1) is 7.40 Å². The van der Waals surface area contributed by atoms with Crippen molar-refractivity contribution in [1.29, 1.82) is 0 Å². The Bertz CT molecular complexity index is 901. The number of rotatable bonds is 8. The fourth-order valence-electron chi connectivity index (χ4n) is 1.50. The summed E-state index contributed by atoms with van der Waals surface area (Å²) < 4.78 is 116. The van der Waals surface area contributed by atoms with E-state index in [0.717, 1.165) is 27.9 Å².